The lowest BCUT2D eigenvalue weighted by atomic mass is 10.0. The zero-order valence-corrected chi connectivity index (χ0v) is 7.81. The molecule has 9 nitrogen and oxygen atoms in total. The normalized spacial score (nSPS) is 59.4. The van der Waals surface area contributed by atoms with Crippen molar-refractivity contribution in [3.05, 3.63) is 0 Å². The molecule has 1 unspecified atom stereocenters. The molecule has 2 bridgehead atoms. The fourth-order valence-electron chi connectivity index (χ4n) is 2.01. The average molecular weight is 236 g/mol. The van der Waals surface area contributed by atoms with E-state index in [0.29, 0.717) is 0 Å². The van der Waals surface area contributed by atoms with E-state index in [1.54, 1.807) is 0 Å². The van der Waals surface area contributed by atoms with E-state index in [-0.39, 0.29) is 0 Å². The minimum Gasteiger partial charge on any atom is -0.391 e. The van der Waals surface area contributed by atoms with E-state index in [9.17, 15) is 20.4 Å². The number of hydrogen-bond acceptors (Lipinski definition) is 9. The zero-order valence-electron chi connectivity index (χ0n) is 7.81. The highest BCUT2D eigenvalue weighted by atomic mass is 17.1. The lowest BCUT2D eigenvalue weighted by molar-refractivity contribution is -0.433. The molecule has 10 heteroatoms. The van der Waals surface area contributed by atoms with Crippen LogP contribution in [0.3, 0.4) is 0 Å². The van der Waals surface area contributed by atoms with Gasteiger partial charge in [-0.05, 0) is 0 Å². The molecule has 4 aliphatic heterocycles. The first-order valence-corrected chi connectivity index (χ1v) is 4.52. The van der Waals surface area contributed by atoms with Crippen molar-refractivity contribution >= 4 is 7.32 Å². The highest BCUT2D eigenvalue weighted by molar-refractivity contribution is 6.40. The molecular weight excluding hydrogens is 227 g/mol. The van der Waals surface area contributed by atoms with Crippen molar-refractivity contribution in [3.63, 3.8) is 0 Å². The monoisotopic (exact) mass is 236 g/mol. The first kappa shape index (κ1) is 10.8. The largest absolute Gasteiger partial charge is 0.649 e. The van der Waals surface area contributed by atoms with Gasteiger partial charge in [-0.3, -0.25) is 0 Å². The van der Waals surface area contributed by atoms with Crippen molar-refractivity contribution in [3.8, 4) is 0 Å². The summed E-state index contributed by atoms with van der Waals surface area (Å²) < 4.78 is 19.0. The molecule has 4 fully saturated rings. The van der Waals surface area contributed by atoms with Crippen LogP contribution in [0.25, 0.3) is 0 Å². The first-order chi connectivity index (χ1) is 7.37. The Morgan fingerprint density at radius 3 is 2.06 bits per heavy atom. The molecule has 4 aliphatic rings. The molecule has 1 spiro atoms. The molecular formula is C6H9BO9. The van der Waals surface area contributed by atoms with Crippen molar-refractivity contribution in [2.45, 2.75) is 29.8 Å². The van der Waals surface area contributed by atoms with Gasteiger partial charge in [0.1, 0.15) is 12.2 Å². The van der Waals surface area contributed by atoms with E-state index < -0.39 is 43.7 Å². The summed E-state index contributed by atoms with van der Waals surface area (Å²) in [4.78, 5) is 0. The molecule has 0 amide bonds. The fourth-order valence-corrected chi connectivity index (χ4v) is 2.01. The van der Waals surface area contributed by atoms with Crippen LogP contribution in [0.2, 0.25) is 0 Å². The van der Waals surface area contributed by atoms with Crippen molar-refractivity contribution in [2.24, 2.45) is 0 Å². The summed E-state index contributed by atoms with van der Waals surface area (Å²) in [5, 5.41) is 47.4. The zero-order chi connectivity index (χ0) is 11.8. The molecule has 4 rings (SSSR count). The van der Waals surface area contributed by atoms with Crippen LogP contribution in [0, 0.1) is 0 Å². The Morgan fingerprint density at radius 2 is 1.69 bits per heavy atom. The maximum Gasteiger partial charge on any atom is 0.649 e. The van der Waals surface area contributed by atoms with Gasteiger partial charge in [0.05, 0.1) is 6.61 Å². The Kier molecular flexibility index (Phi) is 1.86. The minimum atomic E-state index is -2.46. The summed E-state index contributed by atoms with van der Waals surface area (Å²) in [6.45, 7) is -1.00. The van der Waals surface area contributed by atoms with Crippen LogP contribution in [0.15, 0.2) is 0 Å². The van der Waals surface area contributed by atoms with Gasteiger partial charge in [-0.25, -0.2) is 0 Å². The molecule has 90 valence electrons. The second kappa shape index (κ2) is 2.75. The molecule has 0 aliphatic carbocycles. The first-order valence-electron chi connectivity index (χ1n) is 4.52. The predicted molar refractivity (Wildman–Crippen MR) is 41.8 cm³/mol. The third-order valence-corrected chi connectivity index (χ3v) is 2.93. The average Bonchev–Trinajstić information content (AvgIpc) is 2.69. The predicted octanol–water partition coefficient (Wildman–Crippen LogP) is -4.18. The number of ether oxygens (including phenoxy) is 1. The summed E-state index contributed by atoms with van der Waals surface area (Å²) in [6, 6.07) is 0. The molecule has 0 saturated carbocycles. The molecule has 4 atom stereocenters. The van der Waals surface area contributed by atoms with Gasteiger partial charge in [0.15, 0.2) is 0 Å². The number of aliphatic hydroxyl groups is 5. The maximum atomic E-state index is 9.69. The van der Waals surface area contributed by atoms with E-state index in [0.717, 1.165) is 0 Å². The lowest BCUT2D eigenvalue weighted by Crippen LogP contribution is -2.62. The van der Waals surface area contributed by atoms with Crippen LogP contribution in [0.5, 0.6) is 0 Å². The van der Waals surface area contributed by atoms with E-state index in [1.165, 1.54) is 0 Å². The highest BCUT2D eigenvalue weighted by Gasteiger charge is 2.84. The van der Waals surface area contributed by atoms with Gasteiger partial charge in [0, 0.05) is 0 Å². The third kappa shape index (κ3) is 0.933. The Bertz CT molecular complexity index is 332. The summed E-state index contributed by atoms with van der Waals surface area (Å²) in [5.74, 6) is -7.13. The van der Waals surface area contributed by atoms with E-state index in [2.05, 4.69) is 9.31 Å². The molecule has 4 heterocycles. The van der Waals surface area contributed by atoms with Gasteiger partial charge in [-0.15, -0.1) is 0 Å². The second-order valence-corrected chi connectivity index (χ2v) is 3.89. The van der Waals surface area contributed by atoms with Crippen molar-refractivity contribution in [1.82, 2.24) is 0 Å². The summed E-state index contributed by atoms with van der Waals surface area (Å²) >= 11 is 0. The molecule has 16 heavy (non-hydrogen) atoms. The molecule has 0 aromatic heterocycles. The van der Waals surface area contributed by atoms with E-state index in [1.807, 2.05) is 0 Å². The molecule has 4 saturated heterocycles. The van der Waals surface area contributed by atoms with Crippen molar-refractivity contribution < 1.29 is 44.2 Å². The minimum absolute atomic E-state index is 1.00. The summed E-state index contributed by atoms with van der Waals surface area (Å²) in [5.41, 5.74) is 0. The van der Waals surface area contributed by atoms with E-state index in [4.69, 9.17) is 14.5 Å². The smallest absolute Gasteiger partial charge is 0.391 e. The van der Waals surface area contributed by atoms with Gasteiger partial charge >= 0.3 is 13.3 Å². The standard InChI is InChI=1S/C6H9BO9/c8-1-4(11)2(9)3(10)5(13-4)6(12)15-7(14-5)16-6/h2-3,8-12H,1H2/t2-,3-,4-,5?/m0/s1. The fraction of sp³-hybridized carbons (Fsp3) is 1.00. The van der Waals surface area contributed by atoms with E-state index >= 15 is 0 Å². The Morgan fingerprint density at radius 1 is 1.06 bits per heavy atom. The molecule has 5 N–H and O–H groups in total. The number of aliphatic hydroxyl groups excluding tert-OH is 3. The topological polar surface area (TPSA) is 138 Å². The van der Waals surface area contributed by atoms with Gasteiger partial charge in [0.2, 0.25) is 5.79 Å². The van der Waals surface area contributed by atoms with Crippen LogP contribution in [0.4, 0.5) is 0 Å². The number of hydrogen-bond donors (Lipinski definition) is 5. The van der Waals surface area contributed by atoms with Gasteiger partial charge in [-0.2, -0.15) is 0 Å². The third-order valence-electron chi connectivity index (χ3n) is 2.93. The Hall–Kier alpha value is -0.295. The Balaban J connectivity index is 1.99. The van der Waals surface area contributed by atoms with Gasteiger partial charge in [0.25, 0.3) is 5.79 Å². The summed E-state index contributed by atoms with van der Waals surface area (Å²) in [6.07, 6.45) is -3.73. The van der Waals surface area contributed by atoms with Crippen LogP contribution in [-0.4, -0.2) is 69.2 Å². The van der Waals surface area contributed by atoms with Gasteiger partial charge in [-0.1, -0.05) is 0 Å². The van der Waals surface area contributed by atoms with Crippen LogP contribution >= 0.6 is 0 Å². The Labute approximate surface area is 88.9 Å². The van der Waals surface area contributed by atoms with Crippen molar-refractivity contribution in [2.75, 3.05) is 6.61 Å². The molecule has 0 aromatic rings. The van der Waals surface area contributed by atoms with Crippen molar-refractivity contribution in [1.29, 1.82) is 0 Å². The highest BCUT2D eigenvalue weighted by Crippen LogP contribution is 2.55. The molecule has 0 radical (unpaired) electrons. The number of rotatable bonds is 1. The summed E-state index contributed by atoms with van der Waals surface area (Å²) in [7, 11) is -1.24. The van der Waals surface area contributed by atoms with Crippen LogP contribution in [-0.2, 0) is 18.7 Å². The van der Waals surface area contributed by atoms with Crippen LogP contribution < -0.4 is 0 Å². The van der Waals surface area contributed by atoms with Crippen LogP contribution in [0.1, 0.15) is 0 Å². The quantitative estimate of drug-likeness (QED) is 0.287. The molecule has 0 aromatic carbocycles. The van der Waals surface area contributed by atoms with Gasteiger partial charge < -0.3 is 44.2 Å². The maximum absolute atomic E-state index is 9.69. The lowest BCUT2D eigenvalue weighted by Gasteiger charge is -2.37. The second-order valence-electron chi connectivity index (χ2n) is 3.89. The SMILES string of the molecule is OC[C@]1(O)OC2(OB3OC2(O)O3)[C@@H](O)[C@@H]1O.